The zero-order valence-corrected chi connectivity index (χ0v) is 14.0. The molecular formula is C16H29N3O2. The molecule has 0 saturated carbocycles. The van der Waals surface area contributed by atoms with Crippen molar-refractivity contribution >= 4 is 0 Å². The molecule has 0 amide bonds. The SMILES string of the molecule is CCNC(Cc1nc(C2(C)CCCCO2)no1)C(C)(C)C. The maximum Gasteiger partial charge on any atom is 0.228 e. The Kier molecular flexibility index (Phi) is 5.04. The predicted octanol–water partition coefficient (Wildman–Crippen LogP) is 3.05. The van der Waals surface area contributed by atoms with Crippen LogP contribution in [-0.2, 0) is 16.8 Å². The third kappa shape index (κ3) is 4.04. The Bertz CT molecular complexity index is 445. The maximum absolute atomic E-state index is 5.88. The Morgan fingerprint density at radius 1 is 1.33 bits per heavy atom. The van der Waals surface area contributed by atoms with Crippen molar-refractivity contribution in [2.75, 3.05) is 13.2 Å². The van der Waals surface area contributed by atoms with Gasteiger partial charge in [0.25, 0.3) is 0 Å². The Hall–Kier alpha value is -0.940. The summed E-state index contributed by atoms with van der Waals surface area (Å²) < 4.78 is 11.4. The predicted molar refractivity (Wildman–Crippen MR) is 82.1 cm³/mol. The molecule has 0 radical (unpaired) electrons. The van der Waals surface area contributed by atoms with Gasteiger partial charge < -0.3 is 14.6 Å². The fourth-order valence-corrected chi connectivity index (χ4v) is 2.77. The van der Waals surface area contributed by atoms with Crippen LogP contribution in [0, 0.1) is 5.41 Å². The molecule has 0 aliphatic carbocycles. The molecule has 2 rings (SSSR count). The lowest BCUT2D eigenvalue weighted by Crippen LogP contribution is -2.42. The lowest BCUT2D eigenvalue weighted by atomic mass is 9.84. The third-order valence-corrected chi connectivity index (χ3v) is 4.28. The van der Waals surface area contributed by atoms with E-state index >= 15 is 0 Å². The number of hydrogen-bond donors (Lipinski definition) is 1. The molecule has 1 aliphatic heterocycles. The molecule has 5 nitrogen and oxygen atoms in total. The summed E-state index contributed by atoms with van der Waals surface area (Å²) in [7, 11) is 0. The molecule has 1 aromatic heterocycles. The minimum Gasteiger partial charge on any atom is -0.367 e. The van der Waals surface area contributed by atoms with Gasteiger partial charge in [0, 0.05) is 19.1 Å². The Labute approximate surface area is 127 Å². The quantitative estimate of drug-likeness (QED) is 0.904. The standard InChI is InChI=1S/C16H29N3O2/c1-6-17-12(15(2,3)4)11-13-18-14(19-21-13)16(5)9-7-8-10-20-16/h12,17H,6-11H2,1-5H3. The van der Waals surface area contributed by atoms with Crippen LogP contribution in [0.3, 0.4) is 0 Å². The average Bonchev–Trinajstić information content (AvgIpc) is 2.87. The van der Waals surface area contributed by atoms with Gasteiger partial charge in [-0.25, -0.2) is 0 Å². The van der Waals surface area contributed by atoms with E-state index in [1.165, 1.54) is 0 Å². The number of rotatable bonds is 5. The van der Waals surface area contributed by atoms with Gasteiger partial charge in [-0.3, -0.25) is 0 Å². The van der Waals surface area contributed by atoms with Gasteiger partial charge in [-0.05, 0) is 38.1 Å². The molecule has 21 heavy (non-hydrogen) atoms. The molecule has 1 aliphatic rings. The van der Waals surface area contributed by atoms with Crippen LogP contribution in [-0.4, -0.2) is 29.3 Å². The molecule has 120 valence electrons. The van der Waals surface area contributed by atoms with Crippen LogP contribution in [0.2, 0.25) is 0 Å². The summed E-state index contributed by atoms with van der Waals surface area (Å²) in [6.07, 6.45) is 3.98. The second-order valence-electron chi connectivity index (χ2n) is 7.23. The van der Waals surface area contributed by atoms with E-state index in [1.807, 2.05) is 0 Å². The van der Waals surface area contributed by atoms with Gasteiger partial charge in [0.15, 0.2) is 0 Å². The molecular weight excluding hydrogens is 266 g/mol. The molecule has 1 fully saturated rings. The lowest BCUT2D eigenvalue weighted by molar-refractivity contribution is -0.0770. The van der Waals surface area contributed by atoms with E-state index in [1.54, 1.807) is 0 Å². The Morgan fingerprint density at radius 3 is 2.67 bits per heavy atom. The molecule has 1 saturated heterocycles. The van der Waals surface area contributed by atoms with Crippen molar-refractivity contribution in [3.8, 4) is 0 Å². The van der Waals surface area contributed by atoms with Gasteiger partial charge >= 0.3 is 0 Å². The van der Waals surface area contributed by atoms with Gasteiger partial charge in [-0.15, -0.1) is 0 Å². The summed E-state index contributed by atoms with van der Waals surface area (Å²) in [6.45, 7) is 12.6. The fourth-order valence-electron chi connectivity index (χ4n) is 2.77. The molecule has 0 spiro atoms. The smallest absolute Gasteiger partial charge is 0.228 e. The van der Waals surface area contributed by atoms with Crippen molar-refractivity contribution in [1.29, 1.82) is 0 Å². The van der Waals surface area contributed by atoms with E-state index in [9.17, 15) is 0 Å². The van der Waals surface area contributed by atoms with Gasteiger partial charge in [0.2, 0.25) is 11.7 Å². The van der Waals surface area contributed by atoms with Crippen LogP contribution >= 0.6 is 0 Å². The number of likely N-dealkylation sites (N-methyl/N-ethyl adjacent to an activating group) is 1. The van der Waals surface area contributed by atoms with Crippen LogP contribution in [0.25, 0.3) is 0 Å². The number of nitrogens with zero attached hydrogens (tertiary/aromatic N) is 2. The summed E-state index contributed by atoms with van der Waals surface area (Å²) in [5.41, 5.74) is -0.231. The van der Waals surface area contributed by atoms with Crippen LogP contribution in [0.4, 0.5) is 0 Å². The molecule has 5 heteroatoms. The summed E-state index contributed by atoms with van der Waals surface area (Å²) in [6, 6.07) is 0.316. The highest BCUT2D eigenvalue weighted by molar-refractivity contribution is 5.02. The number of hydrogen-bond acceptors (Lipinski definition) is 5. The summed E-state index contributed by atoms with van der Waals surface area (Å²) in [4.78, 5) is 4.60. The lowest BCUT2D eigenvalue weighted by Gasteiger charge is -2.31. The van der Waals surface area contributed by atoms with E-state index in [-0.39, 0.29) is 11.0 Å². The first-order valence-corrected chi connectivity index (χ1v) is 8.05. The van der Waals surface area contributed by atoms with E-state index in [0.717, 1.165) is 38.8 Å². The summed E-state index contributed by atoms with van der Waals surface area (Å²) in [5.74, 6) is 1.39. The van der Waals surface area contributed by atoms with Crippen molar-refractivity contribution in [1.82, 2.24) is 15.5 Å². The fraction of sp³-hybridized carbons (Fsp3) is 0.875. The van der Waals surface area contributed by atoms with Gasteiger partial charge in [-0.1, -0.05) is 32.9 Å². The first-order chi connectivity index (χ1) is 9.85. The minimum atomic E-state index is -0.380. The number of nitrogens with one attached hydrogen (secondary N) is 1. The monoisotopic (exact) mass is 295 g/mol. The van der Waals surface area contributed by atoms with Crippen molar-refractivity contribution in [2.24, 2.45) is 5.41 Å². The normalized spacial score (nSPS) is 25.0. The first-order valence-electron chi connectivity index (χ1n) is 8.05. The van der Waals surface area contributed by atoms with Crippen LogP contribution in [0.1, 0.15) is 65.6 Å². The zero-order chi connectivity index (χ0) is 15.5. The summed E-state index contributed by atoms with van der Waals surface area (Å²) >= 11 is 0. The molecule has 1 N–H and O–H groups in total. The second-order valence-corrected chi connectivity index (χ2v) is 7.23. The molecule has 2 unspecified atom stereocenters. The van der Waals surface area contributed by atoms with Gasteiger partial charge in [0.05, 0.1) is 0 Å². The first kappa shape index (κ1) is 16.4. The van der Waals surface area contributed by atoms with Crippen LogP contribution in [0.15, 0.2) is 4.52 Å². The average molecular weight is 295 g/mol. The van der Waals surface area contributed by atoms with E-state index in [4.69, 9.17) is 9.26 Å². The minimum absolute atomic E-state index is 0.149. The molecule has 1 aromatic rings. The molecule has 2 atom stereocenters. The number of aromatic nitrogens is 2. The van der Waals surface area contributed by atoms with E-state index < -0.39 is 0 Å². The summed E-state index contributed by atoms with van der Waals surface area (Å²) in [5, 5.41) is 7.68. The third-order valence-electron chi connectivity index (χ3n) is 4.28. The molecule has 0 bridgehead atoms. The Morgan fingerprint density at radius 2 is 2.10 bits per heavy atom. The highest BCUT2D eigenvalue weighted by Gasteiger charge is 2.35. The molecule has 0 aromatic carbocycles. The zero-order valence-electron chi connectivity index (χ0n) is 14.0. The van der Waals surface area contributed by atoms with Gasteiger partial charge in [0.1, 0.15) is 5.60 Å². The Balaban J connectivity index is 2.08. The highest BCUT2D eigenvalue weighted by Crippen LogP contribution is 2.33. The van der Waals surface area contributed by atoms with Crippen molar-refractivity contribution < 1.29 is 9.26 Å². The van der Waals surface area contributed by atoms with Crippen molar-refractivity contribution in [3.05, 3.63) is 11.7 Å². The largest absolute Gasteiger partial charge is 0.367 e. The van der Waals surface area contributed by atoms with E-state index in [0.29, 0.717) is 17.8 Å². The number of ether oxygens (including phenoxy) is 1. The molecule has 2 heterocycles. The van der Waals surface area contributed by atoms with Gasteiger partial charge in [-0.2, -0.15) is 4.98 Å². The van der Waals surface area contributed by atoms with Crippen LogP contribution in [0.5, 0.6) is 0 Å². The topological polar surface area (TPSA) is 60.2 Å². The highest BCUT2D eigenvalue weighted by atomic mass is 16.5. The second kappa shape index (κ2) is 6.44. The van der Waals surface area contributed by atoms with Crippen molar-refractivity contribution in [3.63, 3.8) is 0 Å². The van der Waals surface area contributed by atoms with Crippen LogP contribution < -0.4 is 5.32 Å². The maximum atomic E-state index is 5.88. The van der Waals surface area contributed by atoms with E-state index in [2.05, 4.69) is 50.1 Å². The van der Waals surface area contributed by atoms with Crippen molar-refractivity contribution in [2.45, 2.75) is 71.9 Å².